The van der Waals surface area contributed by atoms with E-state index in [0.29, 0.717) is 24.8 Å². The third kappa shape index (κ3) is 3.89. The zero-order valence-corrected chi connectivity index (χ0v) is 13.6. The molecule has 1 fully saturated rings. The summed E-state index contributed by atoms with van der Waals surface area (Å²) >= 11 is 0. The molecule has 126 valence electrons. The van der Waals surface area contributed by atoms with Crippen LogP contribution in [0.4, 0.5) is 4.39 Å². The van der Waals surface area contributed by atoms with Gasteiger partial charge in [-0.2, -0.15) is 0 Å². The molecule has 0 aromatic heterocycles. The van der Waals surface area contributed by atoms with Crippen LogP contribution in [0.2, 0.25) is 0 Å². The molecule has 2 rings (SSSR count). The van der Waals surface area contributed by atoms with Crippen LogP contribution in [0, 0.1) is 17.7 Å². The number of rotatable bonds is 7. The number of carboxylic acids is 1. The molecule has 1 aromatic carbocycles. The summed E-state index contributed by atoms with van der Waals surface area (Å²) in [6, 6.07) is 6.14. The minimum absolute atomic E-state index is 0.114. The van der Waals surface area contributed by atoms with E-state index in [1.807, 2.05) is 13.8 Å². The van der Waals surface area contributed by atoms with Crippen molar-refractivity contribution in [3.63, 3.8) is 0 Å². The van der Waals surface area contributed by atoms with Crippen molar-refractivity contribution in [3.8, 4) is 0 Å². The molecule has 1 saturated carbocycles. The summed E-state index contributed by atoms with van der Waals surface area (Å²) < 4.78 is 13.5. The summed E-state index contributed by atoms with van der Waals surface area (Å²) in [5.41, 5.74) is -0.0276. The van der Waals surface area contributed by atoms with Gasteiger partial charge in [-0.05, 0) is 42.9 Å². The number of carbonyl (C=O) groups is 2. The largest absolute Gasteiger partial charge is 0.481 e. The molecule has 0 spiro atoms. The van der Waals surface area contributed by atoms with Crippen molar-refractivity contribution in [1.29, 1.82) is 0 Å². The van der Waals surface area contributed by atoms with Gasteiger partial charge in [0.15, 0.2) is 0 Å². The number of amides is 1. The van der Waals surface area contributed by atoms with Crippen LogP contribution in [0.5, 0.6) is 0 Å². The second-order valence-electron chi connectivity index (χ2n) is 6.82. The first-order valence-electron chi connectivity index (χ1n) is 8.12. The molecule has 2 N–H and O–H groups in total. The Morgan fingerprint density at radius 1 is 1.35 bits per heavy atom. The van der Waals surface area contributed by atoms with E-state index in [-0.39, 0.29) is 24.2 Å². The van der Waals surface area contributed by atoms with Crippen molar-refractivity contribution in [2.75, 3.05) is 6.54 Å². The fraction of sp³-hybridized carbons (Fsp3) is 0.556. The van der Waals surface area contributed by atoms with Crippen molar-refractivity contribution < 1.29 is 19.1 Å². The Bertz CT molecular complexity index is 581. The van der Waals surface area contributed by atoms with Gasteiger partial charge in [0.05, 0.1) is 11.3 Å². The van der Waals surface area contributed by atoms with Crippen molar-refractivity contribution in [3.05, 3.63) is 35.6 Å². The van der Waals surface area contributed by atoms with Gasteiger partial charge >= 0.3 is 5.97 Å². The first kappa shape index (κ1) is 17.4. The summed E-state index contributed by atoms with van der Waals surface area (Å²) in [5.74, 6) is -1.79. The molecule has 1 aromatic rings. The number of halogens is 1. The molecular formula is C18H24FNO3. The summed E-state index contributed by atoms with van der Waals surface area (Å²) in [6.07, 6.45) is 2.77. The van der Waals surface area contributed by atoms with Gasteiger partial charge in [-0.1, -0.05) is 32.4 Å². The number of hydrogen-bond donors (Lipinski definition) is 2. The summed E-state index contributed by atoms with van der Waals surface area (Å²) in [4.78, 5) is 23.9. The molecule has 0 bridgehead atoms. The standard InChI is InChI=1S/C18H24FNO3/c1-12(2)9-13(16(21)22)11-20-17(23)18(7-4-8-18)14-5-3-6-15(19)10-14/h3,5-6,10,12-13H,4,7-9,11H2,1-2H3,(H,20,23)(H,21,22). The van der Waals surface area contributed by atoms with E-state index in [1.54, 1.807) is 12.1 Å². The predicted molar refractivity (Wildman–Crippen MR) is 85.5 cm³/mol. The number of carbonyl (C=O) groups excluding carboxylic acids is 1. The Balaban J connectivity index is 2.07. The fourth-order valence-electron chi connectivity index (χ4n) is 3.19. The smallest absolute Gasteiger partial charge is 0.308 e. The Morgan fingerprint density at radius 2 is 2.04 bits per heavy atom. The minimum atomic E-state index is -0.896. The van der Waals surface area contributed by atoms with Gasteiger partial charge < -0.3 is 10.4 Å². The molecule has 4 nitrogen and oxygen atoms in total. The van der Waals surface area contributed by atoms with Crippen molar-refractivity contribution in [2.45, 2.75) is 44.9 Å². The maximum atomic E-state index is 13.5. The molecule has 0 heterocycles. The summed E-state index contributed by atoms with van der Waals surface area (Å²) in [5, 5.41) is 12.0. The minimum Gasteiger partial charge on any atom is -0.481 e. The predicted octanol–water partition coefficient (Wildman–Crippen LogP) is 3.11. The third-order valence-corrected chi connectivity index (χ3v) is 4.63. The van der Waals surface area contributed by atoms with Gasteiger partial charge in [0.2, 0.25) is 5.91 Å². The maximum absolute atomic E-state index is 13.5. The van der Waals surface area contributed by atoms with Crippen LogP contribution in [-0.4, -0.2) is 23.5 Å². The van der Waals surface area contributed by atoms with Gasteiger partial charge in [0.1, 0.15) is 5.82 Å². The topological polar surface area (TPSA) is 66.4 Å². The molecular weight excluding hydrogens is 297 g/mol. The summed E-state index contributed by atoms with van der Waals surface area (Å²) in [6.45, 7) is 4.03. The Hall–Kier alpha value is -1.91. The fourth-order valence-corrected chi connectivity index (χ4v) is 3.19. The molecule has 23 heavy (non-hydrogen) atoms. The second kappa shape index (κ2) is 7.11. The second-order valence-corrected chi connectivity index (χ2v) is 6.82. The Morgan fingerprint density at radius 3 is 2.52 bits per heavy atom. The first-order chi connectivity index (χ1) is 10.8. The number of carboxylic acid groups (broad SMARTS) is 1. The average Bonchev–Trinajstić information content (AvgIpc) is 2.41. The normalized spacial score (nSPS) is 17.4. The number of aliphatic carboxylic acids is 1. The third-order valence-electron chi connectivity index (χ3n) is 4.63. The van der Waals surface area contributed by atoms with Crippen LogP contribution in [0.15, 0.2) is 24.3 Å². The summed E-state index contributed by atoms with van der Waals surface area (Å²) in [7, 11) is 0. The van der Waals surface area contributed by atoms with Crippen molar-refractivity contribution in [2.24, 2.45) is 11.8 Å². The Kier molecular flexibility index (Phi) is 5.39. The van der Waals surface area contributed by atoms with E-state index in [4.69, 9.17) is 0 Å². The lowest BCUT2D eigenvalue weighted by Crippen LogP contribution is -2.50. The molecule has 1 aliphatic rings. The van der Waals surface area contributed by atoms with Gasteiger partial charge in [-0.3, -0.25) is 9.59 Å². The average molecular weight is 321 g/mol. The van der Waals surface area contributed by atoms with E-state index >= 15 is 0 Å². The SMILES string of the molecule is CC(C)CC(CNC(=O)C1(c2cccc(F)c2)CCC1)C(=O)O. The maximum Gasteiger partial charge on any atom is 0.308 e. The lowest BCUT2D eigenvalue weighted by molar-refractivity contribution is -0.142. The van der Waals surface area contributed by atoms with Crippen LogP contribution < -0.4 is 5.32 Å². The highest BCUT2D eigenvalue weighted by Gasteiger charge is 2.45. The highest BCUT2D eigenvalue weighted by molar-refractivity contribution is 5.89. The van der Waals surface area contributed by atoms with Crippen molar-refractivity contribution in [1.82, 2.24) is 5.32 Å². The van der Waals surface area contributed by atoms with Gasteiger partial charge in [-0.15, -0.1) is 0 Å². The van der Waals surface area contributed by atoms with Gasteiger partial charge in [0, 0.05) is 6.54 Å². The molecule has 0 saturated heterocycles. The van der Waals surface area contributed by atoms with E-state index in [2.05, 4.69) is 5.32 Å². The monoisotopic (exact) mass is 321 g/mol. The molecule has 1 aliphatic carbocycles. The lowest BCUT2D eigenvalue weighted by Gasteiger charge is -2.41. The number of hydrogen-bond acceptors (Lipinski definition) is 2. The molecule has 0 radical (unpaired) electrons. The lowest BCUT2D eigenvalue weighted by atomic mass is 9.63. The van der Waals surface area contributed by atoms with Crippen LogP contribution in [0.1, 0.15) is 45.1 Å². The highest BCUT2D eigenvalue weighted by atomic mass is 19.1. The van der Waals surface area contributed by atoms with Gasteiger partial charge in [-0.25, -0.2) is 4.39 Å². The Labute approximate surface area is 136 Å². The quantitative estimate of drug-likeness (QED) is 0.811. The zero-order chi connectivity index (χ0) is 17.0. The molecule has 5 heteroatoms. The van der Waals surface area contributed by atoms with Crippen LogP contribution in [0.25, 0.3) is 0 Å². The molecule has 1 amide bonds. The van der Waals surface area contributed by atoms with E-state index < -0.39 is 17.3 Å². The number of nitrogens with one attached hydrogen (secondary N) is 1. The highest BCUT2D eigenvalue weighted by Crippen LogP contribution is 2.44. The van der Waals surface area contributed by atoms with Gasteiger partial charge in [0.25, 0.3) is 0 Å². The van der Waals surface area contributed by atoms with Crippen LogP contribution >= 0.6 is 0 Å². The molecule has 1 unspecified atom stereocenters. The van der Waals surface area contributed by atoms with Crippen LogP contribution in [0.3, 0.4) is 0 Å². The van der Waals surface area contributed by atoms with E-state index in [9.17, 15) is 19.1 Å². The van der Waals surface area contributed by atoms with E-state index in [0.717, 1.165) is 6.42 Å². The van der Waals surface area contributed by atoms with E-state index in [1.165, 1.54) is 12.1 Å². The molecule has 1 atom stereocenters. The zero-order valence-electron chi connectivity index (χ0n) is 13.6. The van der Waals surface area contributed by atoms with Crippen molar-refractivity contribution >= 4 is 11.9 Å². The number of benzene rings is 1. The van der Waals surface area contributed by atoms with Crippen LogP contribution in [-0.2, 0) is 15.0 Å². The molecule has 0 aliphatic heterocycles. The first-order valence-corrected chi connectivity index (χ1v) is 8.12.